The van der Waals surface area contributed by atoms with Gasteiger partial charge in [-0.25, -0.2) is 0 Å². The van der Waals surface area contributed by atoms with Crippen LogP contribution in [0.1, 0.15) is 5.69 Å². The molecule has 104 valence electrons. The molecule has 19 heavy (non-hydrogen) atoms. The van der Waals surface area contributed by atoms with Crippen LogP contribution >= 0.6 is 11.3 Å². The summed E-state index contributed by atoms with van der Waals surface area (Å²) in [5, 5.41) is 13.7. The Hall–Kier alpha value is -0.830. The second kappa shape index (κ2) is 8.36. The van der Waals surface area contributed by atoms with Gasteiger partial charge in [-0.3, -0.25) is 10.1 Å². The predicted molar refractivity (Wildman–Crippen MR) is 64.4 cm³/mol. The van der Waals surface area contributed by atoms with Crippen molar-refractivity contribution in [2.45, 2.75) is 6.42 Å². The van der Waals surface area contributed by atoms with E-state index in [0.29, 0.717) is 0 Å². The second-order valence-electron chi connectivity index (χ2n) is 3.63. The fourth-order valence-electron chi connectivity index (χ4n) is 1.55. The first kappa shape index (κ1) is 18.2. The Morgan fingerprint density at radius 1 is 1.37 bits per heavy atom. The molecule has 0 aliphatic heterocycles. The van der Waals surface area contributed by atoms with Crippen molar-refractivity contribution in [2.24, 2.45) is 0 Å². The Labute approximate surface area is 135 Å². The number of non-ortho nitro benzene ring substituents is 1. The molecule has 0 saturated carbocycles. The molecule has 8 heteroatoms. The smallest absolute Gasteiger partial charge is 0.270 e. The van der Waals surface area contributed by atoms with E-state index in [2.05, 4.69) is 10.7 Å². The van der Waals surface area contributed by atoms with E-state index < -0.39 is 0 Å². The number of nitrogens with zero attached hydrogens (tertiary/aromatic N) is 1. The maximum atomic E-state index is 10.7. The molecule has 1 aromatic carbocycles. The van der Waals surface area contributed by atoms with Crippen molar-refractivity contribution in [3.63, 3.8) is 0 Å². The van der Waals surface area contributed by atoms with Crippen molar-refractivity contribution in [3.05, 3.63) is 45.5 Å². The molecule has 0 radical (unpaired) electrons. The predicted octanol–water partition coefficient (Wildman–Crippen LogP) is -5.07. The van der Waals surface area contributed by atoms with E-state index in [0.717, 1.165) is 29.2 Å². The quantitative estimate of drug-likeness (QED) is 0.404. The van der Waals surface area contributed by atoms with Crippen LogP contribution in [0.5, 0.6) is 0 Å². The average molecular weight is 411 g/mol. The summed E-state index contributed by atoms with van der Waals surface area (Å²) in [5.74, 6) is 0. The van der Waals surface area contributed by atoms with Gasteiger partial charge < -0.3 is 39.7 Å². The normalized spacial score (nSPS) is 9.32. The van der Waals surface area contributed by atoms with Gasteiger partial charge in [0, 0.05) is 12.1 Å². The monoisotopic (exact) mass is 409 g/mol. The van der Waals surface area contributed by atoms with Crippen molar-refractivity contribution in [3.8, 4) is 10.6 Å². The van der Waals surface area contributed by atoms with Crippen molar-refractivity contribution in [2.75, 3.05) is 6.54 Å². The first-order valence-corrected chi connectivity index (χ1v) is 6.12. The molecule has 0 fully saturated rings. The highest BCUT2D eigenvalue weighted by atomic mass is 79.9. The fourth-order valence-corrected chi connectivity index (χ4v) is 2.44. The lowest BCUT2D eigenvalue weighted by Crippen LogP contribution is -3.00. The minimum atomic E-state index is -0.381. The van der Waals surface area contributed by atoms with Crippen LogP contribution in [0.15, 0.2) is 29.6 Å². The zero-order valence-corrected chi connectivity index (χ0v) is 13.9. The summed E-state index contributed by atoms with van der Waals surface area (Å²) < 4.78 is 0. The van der Waals surface area contributed by atoms with Crippen LogP contribution in [0, 0.1) is 10.1 Å². The number of quaternary nitrogens is 1. The van der Waals surface area contributed by atoms with E-state index in [1.165, 1.54) is 6.07 Å². The van der Waals surface area contributed by atoms with Crippen LogP contribution in [0.2, 0.25) is 0 Å². The maximum Gasteiger partial charge on any atom is 0.270 e. The number of H-pyrrole nitrogens is 1. The number of rotatable bonds is 4. The van der Waals surface area contributed by atoms with Crippen LogP contribution in [0.3, 0.4) is 0 Å². The van der Waals surface area contributed by atoms with E-state index in [1.807, 2.05) is 11.4 Å². The summed E-state index contributed by atoms with van der Waals surface area (Å²) in [6.07, 6.45) is 0.894. The number of nitrogens with one attached hydrogen (secondary N) is 1. The zero-order valence-electron chi connectivity index (χ0n) is 9.94. The molecule has 1 aromatic heterocycles. The third kappa shape index (κ3) is 4.64. The fraction of sp³-hybridized carbons (Fsp3) is 0.182. The van der Waals surface area contributed by atoms with Crippen molar-refractivity contribution >= 4 is 17.0 Å². The molecule has 0 bridgehead atoms. The van der Waals surface area contributed by atoms with E-state index >= 15 is 0 Å². The number of aromatic amines is 1. The van der Waals surface area contributed by atoms with E-state index in [9.17, 15) is 10.1 Å². The molecule has 0 spiro atoms. The third-order valence-corrected chi connectivity index (χ3v) is 3.33. The van der Waals surface area contributed by atoms with E-state index in [1.54, 1.807) is 23.5 Å². The zero-order chi connectivity index (χ0) is 12.3. The second-order valence-corrected chi connectivity index (χ2v) is 4.51. The number of nitro benzene ring substituents is 1. The van der Waals surface area contributed by atoms with Crippen LogP contribution in [-0.4, -0.2) is 11.5 Å². The van der Waals surface area contributed by atoms with E-state index in [-0.39, 0.29) is 44.6 Å². The SMILES string of the molecule is [Br-].[Br-].[NH3+]CCc1csc(-c2cccc([N+](=O)[O-])c2)[nH+]1. The number of nitro groups is 1. The summed E-state index contributed by atoms with van der Waals surface area (Å²) in [6.45, 7) is 0.835. The van der Waals surface area contributed by atoms with Gasteiger partial charge in [-0.15, -0.1) is 0 Å². The van der Waals surface area contributed by atoms with Crippen LogP contribution in [0.4, 0.5) is 5.69 Å². The van der Waals surface area contributed by atoms with Gasteiger partial charge in [0.1, 0.15) is 0 Å². The van der Waals surface area contributed by atoms with Gasteiger partial charge in [0.25, 0.3) is 10.7 Å². The molecule has 1 heterocycles. The van der Waals surface area contributed by atoms with Crippen molar-refractivity contribution < 1.29 is 49.6 Å². The number of hydrogen-bond acceptors (Lipinski definition) is 3. The summed E-state index contributed by atoms with van der Waals surface area (Å²) >= 11 is 1.56. The standard InChI is InChI=1S/C11H11N3O2S.2BrH/c12-5-4-9-7-17-11(13-9)8-2-1-3-10(6-8)14(15)16;;/h1-3,6-7H,4-5,12H2;2*1H. The molecule has 0 amide bonds. The Bertz CT molecular complexity index is 548. The molecular formula is C11H13Br2N3O2S. The van der Waals surface area contributed by atoms with Crippen LogP contribution in [0.25, 0.3) is 10.6 Å². The van der Waals surface area contributed by atoms with Gasteiger partial charge in [0.2, 0.25) is 0 Å². The third-order valence-electron chi connectivity index (χ3n) is 2.36. The minimum Gasteiger partial charge on any atom is -1.00 e. The lowest BCUT2D eigenvalue weighted by molar-refractivity contribution is -0.394. The number of halogens is 2. The van der Waals surface area contributed by atoms with Gasteiger partial charge in [0.15, 0.2) is 5.69 Å². The highest BCUT2D eigenvalue weighted by Gasteiger charge is 2.15. The molecule has 2 aromatic rings. The number of hydrogen-bond donors (Lipinski definition) is 1. The first-order chi connectivity index (χ1) is 8.20. The van der Waals surface area contributed by atoms with Crippen LogP contribution in [-0.2, 0) is 6.42 Å². The Morgan fingerprint density at radius 3 is 2.74 bits per heavy atom. The number of benzene rings is 1. The molecule has 0 saturated heterocycles. The molecule has 0 aliphatic carbocycles. The molecule has 0 atom stereocenters. The molecule has 5 nitrogen and oxygen atoms in total. The molecule has 0 aliphatic rings. The van der Waals surface area contributed by atoms with Gasteiger partial charge >= 0.3 is 0 Å². The lowest BCUT2D eigenvalue weighted by atomic mass is 10.2. The largest absolute Gasteiger partial charge is 1.00 e. The number of aromatic nitrogens is 1. The minimum absolute atomic E-state index is 0. The van der Waals surface area contributed by atoms with Gasteiger partial charge in [-0.1, -0.05) is 17.4 Å². The summed E-state index contributed by atoms with van der Waals surface area (Å²) in [6, 6.07) is 6.63. The lowest BCUT2D eigenvalue weighted by Gasteiger charge is -1.92. The van der Waals surface area contributed by atoms with Crippen molar-refractivity contribution in [1.29, 1.82) is 0 Å². The van der Waals surface area contributed by atoms with Gasteiger partial charge in [-0.2, -0.15) is 4.98 Å². The van der Waals surface area contributed by atoms with Gasteiger partial charge in [-0.05, 0) is 6.07 Å². The van der Waals surface area contributed by atoms with Crippen molar-refractivity contribution in [1.82, 2.24) is 0 Å². The summed E-state index contributed by atoms with van der Waals surface area (Å²) in [7, 11) is 0. The number of thiazole rings is 1. The summed E-state index contributed by atoms with van der Waals surface area (Å²) in [4.78, 5) is 13.6. The Morgan fingerprint density at radius 2 is 2.11 bits per heavy atom. The van der Waals surface area contributed by atoms with Crippen LogP contribution < -0.4 is 44.7 Å². The van der Waals surface area contributed by atoms with Gasteiger partial charge in [0.05, 0.1) is 28.8 Å². The average Bonchev–Trinajstić information content (AvgIpc) is 2.78. The molecule has 4 N–H and O–H groups in total. The topological polar surface area (TPSA) is 84.9 Å². The Balaban J connectivity index is 0.00000162. The Kier molecular flexibility index (Phi) is 8.00. The summed E-state index contributed by atoms with van der Waals surface area (Å²) in [5.41, 5.74) is 5.87. The first-order valence-electron chi connectivity index (χ1n) is 5.24. The highest BCUT2D eigenvalue weighted by molar-refractivity contribution is 7.12. The molecular weight excluding hydrogens is 398 g/mol. The molecule has 2 rings (SSSR count). The van der Waals surface area contributed by atoms with E-state index in [4.69, 9.17) is 0 Å². The molecule has 0 unspecified atom stereocenters. The maximum absolute atomic E-state index is 10.7. The highest BCUT2D eigenvalue weighted by Crippen LogP contribution is 2.24.